The van der Waals surface area contributed by atoms with Crippen molar-refractivity contribution in [3.05, 3.63) is 84.1 Å². The molecule has 0 aliphatic carbocycles. The first-order valence-corrected chi connectivity index (χ1v) is 8.33. The molecule has 0 radical (unpaired) electrons. The summed E-state index contributed by atoms with van der Waals surface area (Å²) in [4.78, 5) is 4.68. The summed E-state index contributed by atoms with van der Waals surface area (Å²) in [6.07, 6.45) is 5.37. The molecule has 24 heavy (non-hydrogen) atoms. The molecule has 0 amide bonds. The standard InChI is InChI=1S/C20H24N4/c1-16(18-10-6-3-7-11-18)23-20(22-15-13-19(21)24-20)14-12-17-8-4-2-5-9-17/h2-11,13,15-16,22-23H,12,14H2,1H3,(H2,21,24). The van der Waals surface area contributed by atoms with Gasteiger partial charge in [-0.1, -0.05) is 60.7 Å². The monoisotopic (exact) mass is 320 g/mol. The van der Waals surface area contributed by atoms with Gasteiger partial charge in [-0.3, -0.25) is 5.32 Å². The zero-order valence-electron chi connectivity index (χ0n) is 13.9. The van der Waals surface area contributed by atoms with Crippen molar-refractivity contribution in [1.29, 1.82) is 0 Å². The maximum absolute atomic E-state index is 5.98. The van der Waals surface area contributed by atoms with Crippen LogP contribution in [0.2, 0.25) is 0 Å². The van der Waals surface area contributed by atoms with E-state index in [2.05, 4.69) is 71.1 Å². The molecule has 0 fully saturated rings. The number of aliphatic imine (C=N–C) groups is 1. The lowest BCUT2D eigenvalue weighted by molar-refractivity contribution is 0.249. The minimum absolute atomic E-state index is 0.150. The van der Waals surface area contributed by atoms with Gasteiger partial charge in [-0.25, -0.2) is 4.99 Å². The van der Waals surface area contributed by atoms with Crippen molar-refractivity contribution in [1.82, 2.24) is 10.6 Å². The van der Waals surface area contributed by atoms with Crippen molar-refractivity contribution in [2.75, 3.05) is 0 Å². The fourth-order valence-corrected chi connectivity index (χ4v) is 2.98. The van der Waals surface area contributed by atoms with E-state index in [4.69, 9.17) is 5.73 Å². The van der Waals surface area contributed by atoms with Crippen LogP contribution in [0.5, 0.6) is 0 Å². The number of hydrogen-bond donors (Lipinski definition) is 3. The van der Waals surface area contributed by atoms with Crippen molar-refractivity contribution in [2.45, 2.75) is 31.6 Å². The van der Waals surface area contributed by atoms with E-state index in [0.29, 0.717) is 5.84 Å². The van der Waals surface area contributed by atoms with Crippen LogP contribution in [0.25, 0.3) is 0 Å². The Morgan fingerprint density at radius 2 is 1.75 bits per heavy atom. The van der Waals surface area contributed by atoms with E-state index in [9.17, 15) is 0 Å². The minimum atomic E-state index is -0.593. The fraction of sp³-hybridized carbons (Fsp3) is 0.250. The van der Waals surface area contributed by atoms with Crippen molar-refractivity contribution in [3.63, 3.8) is 0 Å². The van der Waals surface area contributed by atoms with Crippen LogP contribution in [0.3, 0.4) is 0 Å². The van der Waals surface area contributed by atoms with Gasteiger partial charge in [0.05, 0.1) is 0 Å². The zero-order valence-corrected chi connectivity index (χ0v) is 13.9. The molecule has 124 valence electrons. The maximum atomic E-state index is 5.98. The van der Waals surface area contributed by atoms with Crippen LogP contribution in [-0.2, 0) is 6.42 Å². The molecular weight excluding hydrogens is 296 g/mol. The molecule has 0 saturated heterocycles. The van der Waals surface area contributed by atoms with Gasteiger partial charge in [0.1, 0.15) is 5.84 Å². The van der Waals surface area contributed by atoms with E-state index in [1.807, 2.05) is 18.3 Å². The normalized spacial score (nSPS) is 21.0. The van der Waals surface area contributed by atoms with Crippen LogP contribution in [0, 0.1) is 0 Å². The molecule has 4 nitrogen and oxygen atoms in total. The summed E-state index contributed by atoms with van der Waals surface area (Å²) in [6, 6.07) is 21.0. The maximum Gasteiger partial charge on any atom is 0.187 e. The Morgan fingerprint density at radius 3 is 2.42 bits per heavy atom. The molecule has 0 spiro atoms. The Balaban J connectivity index is 1.77. The summed E-state index contributed by atoms with van der Waals surface area (Å²) in [5, 5.41) is 6.99. The molecule has 1 aliphatic heterocycles. The van der Waals surface area contributed by atoms with Gasteiger partial charge >= 0.3 is 0 Å². The molecule has 1 aliphatic rings. The van der Waals surface area contributed by atoms with E-state index >= 15 is 0 Å². The van der Waals surface area contributed by atoms with Gasteiger partial charge in [0, 0.05) is 18.7 Å². The smallest absolute Gasteiger partial charge is 0.187 e. The number of hydrogen-bond acceptors (Lipinski definition) is 4. The lowest BCUT2D eigenvalue weighted by Crippen LogP contribution is -2.56. The van der Waals surface area contributed by atoms with Crippen molar-refractivity contribution in [3.8, 4) is 0 Å². The highest BCUT2D eigenvalue weighted by atomic mass is 15.3. The molecule has 2 aromatic rings. The van der Waals surface area contributed by atoms with Gasteiger partial charge < -0.3 is 11.1 Å². The molecular formula is C20H24N4. The molecule has 4 N–H and O–H groups in total. The SMILES string of the molecule is CC(NC1(CCc2ccccc2)N=C(N)C=CN1)c1ccccc1. The zero-order chi connectivity index (χ0) is 16.8. The number of nitrogens with zero attached hydrogens (tertiary/aromatic N) is 1. The molecule has 0 saturated carbocycles. The minimum Gasteiger partial charge on any atom is -0.384 e. The van der Waals surface area contributed by atoms with Crippen molar-refractivity contribution >= 4 is 5.84 Å². The summed E-state index contributed by atoms with van der Waals surface area (Å²) in [6.45, 7) is 2.14. The third-order valence-electron chi connectivity index (χ3n) is 4.27. The largest absolute Gasteiger partial charge is 0.384 e. The van der Waals surface area contributed by atoms with Gasteiger partial charge in [0.15, 0.2) is 5.79 Å². The number of benzene rings is 2. The van der Waals surface area contributed by atoms with E-state index < -0.39 is 5.79 Å². The lowest BCUT2D eigenvalue weighted by Gasteiger charge is -2.36. The molecule has 2 atom stereocenters. The summed E-state index contributed by atoms with van der Waals surface area (Å²) in [5.41, 5.74) is 8.49. The number of amidine groups is 1. The first-order valence-electron chi connectivity index (χ1n) is 8.33. The second-order valence-corrected chi connectivity index (χ2v) is 6.14. The van der Waals surface area contributed by atoms with Crippen molar-refractivity contribution in [2.24, 2.45) is 10.7 Å². The lowest BCUT2D eigenvalue weighted by atomic mass is 10.0. The Hall–Kier alpha value is -2.59. The molecule has 2 unspecified atom stereocenters. The Kier molecular flexibility index (Phi) is 4.96. The van der Waals surface area contributed by atoms with Gasteiger partial charge in [-0.05, 0) is 30.5 Å². The third-order valence-corrected chi connectivity index (χ3v) is 4.27. The van der Waals surface area contributed by atoms with Crippen LogP contribution in [0.4, 0.5) is 0 Å². The average molecular weight is 320 g/mol. The second kappa shape index (κ2) is 7.32. The second-order valence-electron chi connectivity index (χ2n) is 6.14. The highest BCUT2D eigenvalue weighted by Gasteiger charge is 2.31. The molecule has 1 heterocycles. The van der Waals surface area contributed by atoms with Crippen LogP contribution in [-0.4, -0.2) is 11.6 Å². The first-order chi connectivity index (χ1) is 11.7. The van der Waals surface area contributed by atoms with Gasteiger partial charge in [-0.2, -0.15) is 0 Å². The molecule has 2 aromatic carbocycles. The summed E-state index contributed by atoms with van der Waals surface area (Å²) in [7, 11) is 0. The summed E-state index contributed by atoms with van der Waals surface area (Å²) in [5.74, 6) is -0.0567. The number of nitrogens with two attached hydrogens (primary N) is 1. The van der Waals surface area contributed by atoms with Gasteiger partial charge in [0.2, 0.25) is 0 Å². The third kappa shape index (κ3) is 4.03. The molecule has 4 heteroatoms. The Bertz CT molecular complexity index is 709. The highest BCUT2D eigenvalue weighted by Crippen LogP contribution is 2.22. The number of aryl methyl sites for hydroxylation is 1. The van der Waals surface area contributed by atoms with E-state index in [1.54, 1.807) is 6.08 Å². The van der Waals surface area contributed by atoms with Gasteiger partial charge in [-0.15, -0.1) is 0 Å². The summed E-state index contributed by atoms with van der Waals surface area (Å²) < 4.78 is 0. The quantitative estimate of drug-likeness (QED) is 0.766. The van der Waals surface area contributed by atoms with E-state index in [-0.39, 0.29) is 6.04 Å². The van der Waals surface area contributed by atoms with Crippen molar-refractivity contribution < 1.29 is 0 Å². The highest BCUT2D eigenvalue weighted by molar-refractivity contribution is 5.92. The number of nitrogens with one attached hydrogen (secondary N) is 2. The van der Waals surface area contributed by atoms with Gasteiger partial charge in [0.25, 0.3) is 0 Å². The first kappa shape index (κ1) is 16.3. The molecule has 0 bridgehead atoms. The topological polar surface area (TPSA) is 62.4 Å². The van der Waals surface area contributed by atoms with Crippen LogP contribution in [0.15, 0.2) is 77.9 Å². The predicted octanol–water partition coefficient (Wildman–Crippen LogP) is 3.10. The Labute approximate surface area is 143 Å². The van der Waals surface area contributed by atoms with Crippen LogP contribution in [0.1, 0.15) is 30.5 Å². The van der Waals surface area contributed by atoms with E-state index in [0.717, 1.165) is 12.8 Å². The molecule has 0 aromatic heterocycles. The van der Waals surface area contributed by atoms with Crippen LogP contribution >= 0.6 is 0 Å². The van der Waals surface area contributed by atoms with E-state index in [1.165, 1.54) is 11.1 Å². The average Bonchev–Trinajstić information content (AvgIpc) is 2.62. The number of rotatable bonds is 6. The Morgan fingerprint density at radius 1 is 1.08 bits per heavy atom. The van der Waals surface area contributed by atoms with Crippen LogP contribution < -0.4 is 16.4 Å². The predicted molar refractivity (Wildman–Crippen MR) is 99.4 cm³/mol. The summed E-state index contributed by atoms with van der Waals surface area (Å²) >= 11 is 0. The molecule has 3 rings (SSSR count). The fourth-order valence-electron chi connectivity index (χ4n) is 2.98.